The average molecular weight is 401 g/mol. The fraction of sp³-hybridized carbons (Fsp3) is 0.176. The van der Waals surface area contributed by atoms with E-state index in [-0.39, 0.29) is 22.0 Å². The van der Waals surface area contributed by atoms with E-state index in [0.29, 0.717) is 5.56 Å². The Labute approximate surface area is 153 Å². The summed E-state index contributed by atoms with van der Waals surface area (Å²) in [6.07, 6.45) is -4.55. The lowest BCUT2D eigenvalue weighted by atomic mass is 10.1. The van der Waals surface area contributed by atoms with Gasteiger partial charge in [-0.2, -0.15) is 21.6 Å². The van der Waals surface area contributed by atoms with Crippen LogP contribution in [0, 0.1) is 0 Å². The molecule has 0 spiro atoms. The maximum atomic E-state index is 12.2. The Morgan fingerprint density at radius 1 is 0.963 bits per heavy atom. The molecule has 0 aliphatic heterocycles. The first kappa shape index (κ1) is 20.4. The second-order valence-corrected chi connectivity index (χ2v) is 6.99. The highest BCUT2D eigenvalue weighted by Gasteiger charge is 2.28. The van der Waals surface area contributed by atoms with E-state index in [1.807, 2.05) is 0 Å². The first-order chi connectivity index (χ1) is 12.5. The van der Waals surface area contributed by atoms with Gasteiger partial charge in [0.05, 0.1) is 0 Å². The van der Waals surface area contributed by atoms with Gasteiger partial charge in [-0.15, -0.1) is 0 Å². The molecule has 0 radical (unpaired) electrons. The maximum Gasteiger partial charge on any atom is 0.405 e. The highest BCUT2D eigenvalue weighted by Crippen LogP contribution is 2.20. The van der Waals surface area contributed by atoms with Crippen molar-refractivity contribution in [3.05, 3.63) is 59.7 Å². The molecule has 0 aliphatic rings. The van der Waals surface area contributed by atoms with Gasteiger partial charge in [-0.1, -0.05) is 0 Å². The lowest BCUT2D eigenvalue weighted by Crippen LogP contribution is -2.33. The summed E-state index contributed by atoms with van der Waals surface area (Å²) in [7, 11) is -4.22. The molecule has 0 saturated heterocycles. The molecule has 2 rings (SSSR count). The van der Waals surface area contributed by atoms with Gasteiger partial charge >= 0.3 is 16.3 Å². The summed E-state index contributed by atoms with van der Waals surface area (Å²) in [4.78, 5) is 22.5. The predicted molar refractivity (Wildman–Crippen MR) is 89.1 cm³/mol. The van der Waals surface area contributed by atoms with Crippen LogP contribution in [-0.2, 0) is 10.1 Å². The Morgan fingerprint density at radius 2 is 1.48 bits per heavy atom. The summed E-state index contributed by atoms with van der Waals surface area (Å²) >= 11 is 0. The zero-order valence-electron chi connectivity index (χ0n) is 13.9. The van der Waals surface area contributed by atoms with E-state index in [1.165, 1.54) is 31.2 Å². The predicted octanol–water partition coefficient (Wildman–Crippen LogP) is 2.95. The number of carbonyl (C=O) groups excluding carboxylic acids is 2. The topological polar surface area (TPSA) is 89.5 Å². The zero-order chi connectivity index (χ0) is 20.2. The van der Waals surface area contributed by atoms with Gasteiger partial charge in [0, 0.05) is 11.1 Å². The lowest BCUT2D eigenvalue weighted by molar-refractivity contribution is -0.123. The Hall–Kier alpha value is -2.88. The Balaban J connectivity index is 2.10. The number of halogens is 3. The molecule has 27 heavy (non-hydrogen) atoms. The van der Waals surface area contributed by atoms with Gasteiger partial charge in [0.15, 0.2) is 5.78 Å². The van der Waals surface area contributed by atoms with Crippen LogP contribution in [0.1, 0.15) is 27.6 Å². The van der Waals surface area contributed by atoms with Crippen molar-refractivity contribution < 1.29 is 35.4 Å². The number of hydrogen-bond acceptors (Lipinski definition) is 5. The van der Waals surface area contributed by atoms with E-state index in [4.69, 9.17) is 4.18 Å². The molecule has 0 aromatic heterocycles. The van der Waals surface area contributed by atoms with Crippen LogP contribution >= 0.6 is 0 Å². The Kier molecular flexibility index (Phi) is 5.89. The minimum absolute atomic E-state index is 0.0213. The summed E-state index contributed by atoms with van der Waals surface area (Å²) in [5.41, 5.74) is 0.248. The lowest BCUT2D eigenvalue weighted by Gasteiger charge is -2.10. The van der Waals surface area contributed by atoms with Crippen LogP contribution in [-0.4, -0.2) is 32.8 Å². The molecule has 0 fully saturated rings. The molecule has 1 amide bonds. The summed E-state index contributed by atoms with van der Waals surface area (Å²) < 4.78 is 65.7. The fourth-order valence-corrected chi connectivity index (χ4v) is 2.91. The van der Waals surface area contributed by atoms with Gasteiger partial charge in [-0.25, -0.2) is 0 Å². The number of nitrogens with one attached hydrogen (secondary N) is 1. The molecule has 0 unspecified atom stereocenters. The van der Waals surface area contributed by atoms with E-state index < -0.39 is 28.7 Å². The van der Waals surface area contributed by atoms with Gasteiger partial charge < -0.3 is 9.50 Å². The van der Waals surface area contributed by atoms with E-state index in [9.17, 15) is 31.2 Å². The van der Waals surface area contributed by atoms with Crippen LogP contribution in [0.15, 0.2) is 53.4 Å². The van der Waals surface area contributed by atoms with Crippen LogP contribution in [0.25, 0.3) is 0 Å². The van der Waals surface area contributed by atoms with Crippen LogP contribution in [0.3, 0.4) is 0 Å². The van der Waals surface area contributed by atoms with E-state index >= 15 is 0 Å². The minimum atomic E-state index is -4.55. The standard InChI is InChI=1S/C17H14F3NO5S/c1-11(22)12-2-6-14(7-3-12)26-27(24,25)15-8-4-13(5-9-15)16(23)21-10-17(18,19)20/h2-9H,10H2,1H3,(H,21,23). The van der Waals surface area contributed by atoms with Crippen LogP contribution in [0.2, 0.25) is 0 Å². The number of amides is 1. The number of alkyl halides is 3. The van der Waals surface area contributed by atoms with Crippen LogP contribution < -0.4 is 9.50 Å². The van der Waals surface area contributed by atoms with Crippen molar-refractivity contribution in [2.45, 2.75) is 18.0 Å². The van der Waals surface area contributed by atoms with E-state index in [1.54, 1.807) is 5.32 Å². The normalized spacial score (nSPS) is 11.7. The molecule has 0 heterocycles. The van der Waals surface area contributed by atoms with Crippen LogP contribution in [0.5, 0.6) is 5.75 Å². The molecular formula is C17H14F3NO5S. The van der Waals surface area contributed by atoms with Gasteiger partial charge in [-0.05, 0) is 55.5 Å². The van der Waals surface area contributed by atoms with Crippen molar-refractivity contribution in [3.63, 3.8) is 0 Å². The second kappa shape index (κ2) is 7.78. The molecule has 10 heteroatoms. The third-order valence-electron chi connectivity index (χ3n) is 3.32. The molecule has 6 nitrogen and oxygen atoms in total. The number of hydrogen-bond donors (Lipinski definition) is 1. The zero-order valence-corrected chi connectivity index (χ0v) is 14.7. The molecule has 144 valence electrons. The quantitative estimate of drug-likeness (QED) is 0.594. The van der Waals surface area contributed by atoms with Gasteiger partial charge in [-0.3, -0.25) is 9.59 Å². The van der Waals surface area contributed by atoms with Gasteiger partial charge in [0.2, 0.25) is 0 Å². The van der Waals surface area contributed by atoms with Crippen molar-refractivity contribution in [2.75, 3.05) is 6.54 Å². The number of rotatable bonds is 6. The minimum Gasteiger partial charge on any atom is -0.379 e. The van der Waals surface area contributed by atoms with E-state index in [0.717, 1.165) is 24.3 Å². The van der Waals surface area contributed by atoms with Crippen LogP contribution in [0.4, 0.5) is 13.2 Å². The Bertz CT molecular complexity index is 936. The molecule has 0 aliphatic carbocycles. The first-order valence-corrected chi connectivity index (χ1v) is 8.89. The third kappa shape index (κ3) is 5.81. The second-order valence-electron chi connectivity index (χ2n) is 5.44. The molecule has 1 N–H and O–H groups in total. The van der Waals surface area contributed by atoms with Crippen molar-refractivity contribution in [3.8, 4) is 5.75 Å². The highest BCUT2D eigenvalue weighted by molar-refractivity contribution is 7.87. The average Bonchev–Trinajstić information content (AvgIpc) is 2.59. The first-order valence-electron chi connectivity index (χ1n) is 7.48. The number of benzene rings is 2. The molecule has 2 aromatic carbocycles. The number of ketones is 1. The highest BCUT2D eigenvalue weighted by atomic mass is 32.2. The molecule has 0 bridgehead atoms. The summed E-state index contributed by atoms with van der Waals surface area (Å²) in [5, 5.41) is 1.68. The third-order valence-corrected chi connectivity index (χ3v) is 4.58. The van der Waals surface area contributed by atoms with Crippen molar-refractivity contribution in [1.82, 2.24) is 5.32 Å². The SMILES string of the molecule is CC(=O)c1ccc(OS(=O)(=O)c2ccc(C(=O)NCC(F)(F)F)cc2)cc1. The monoisotopic (exact) mass is 401 g/mol. The molecular weight excluding hydrogens is 387 g/mol. The van der Waals surface area contributed by atoms with Gasteiger partial charge in [0.1, 0.15) is 17.2 Å². The maximum absolute atomic E-state index is 12.2. The molecule has 2 aromatic rings. The van der Waals surface area contributed by atoms with Crippen molar-refractivity contribution >= 4 is 21.8 Å². The van der Waals surface area contributed by atoms with E-state index in [2.05, 4.69) is 0 Å². The Morgan fingerprint density at radius 3 is 1.96 bits per heavy atom. The fourth-order valence-electron chi connectivity index (χ4n) is 1.98. The molecule has 0 saturated carbocycles. The summed E-state index contributed by atoms with van der Waals surface area (Å²) in [5.74, 6) is -1.20. The smallest absolute Gasteiger partial charge is 0.379 e. The van der Waals surface area contributed by atoms with Crippen molar-refractivity contribution in [2.24, 2.45) is 0 Å². The van der Waals surface area contributed by atoms with Gasteiger partial charge in [0.25, 0.3) is 5.91 Å². The summed E-state index contributed by atoms with van der Waals surface area (Å²) in [6, 6.07) is 9.66. The van der Waals surface area contributed by atoms with Crippen molar-refractivity contribution in [1.29, 1.82) is 0 Å². The number of carbonyl (C=O) groups is 2. The summed E-state index contributed by atoms with van der Waals surface area (Å²) in [6.45, 7) is -0.135. The number of Topliss-reactive ketones (excluding diaryl/α,β-unsaturated/α-hetero) is 1. The molecule has 0 atom stereocenters. The largest absolute Gasteiger partial charge is 0.405 e.